The van der Waals surface area contributed by atoms with Gasteiger partial charge in [0, 0.05) is 50.7 Å². The van der Waals surface area contributed by atoms with Crippen molar-refractivity contribution in [3.8, 4) is 0 Å². The largest absolute Gasteiger partial charge is 0.345 e. The van der Waals surface area contributed by atoms with Gasteiger partial charge < -0.3 is 20.1 Å². The summed E-state index contributed by atoms with van der Waals surface area (Å²) in [5.74, 6) is 1.66. The molecule has 6 heteroatoms. The number of aliphatic imine (C=N–C) groups is 1. The molecule has 156 valence electrons. The molecule has 1 atom stereocenters. The zero-order valence-electron chi connectivity index (χ0n) is 17.5. The minimum atomic E-state index is 0.0179. The molecule has 6 nitrogen and oxygen atoms in total. The van der Waals surface area contributed by atoms with Crippen LogP contribution >= 0.6 is 0 Å². The fraction of sp³-hybridized carbons (Fsp3) is 0.417. The van der Waals surface area contributed by atoms with Gasteiger partial charge in [-0.15, -0.1) is 0 Å². The van der Waals surface area contributed by atoms with Crippen molar-refractivity contribution in [2.45, 2.75) is 38.3 Å². The molecule has 1 aromatic heterocycles. The molecule has 3 aliphatic rings. The lowest BCUT2D eigenvalue weighted by atomic mass is 10.0. The molecule has 30 heavy (non-hydrogen) atoms. The Kier molecular flexibility index (Phi) is 4.95. The predicted molar refractivity (Wildman–Crippen MR) is 120 cm³/mol. The highest BCUT2D eigenvalue weighted by atomic mass is 16.2. The third-order valence-corrected chi connectivity index (χ3v) is 6.38. The van der Waals surface area contributed by atoms with Crippen molar-refractivity contribution < 1.29 is 4.79 Å². The molecule has 2 aliphatic heterocycles. The fourth-order valence-corrected chi connectivity index (χ4v) is 4.52. The van der Waals surface area contributed by atoms with Crippen LogP contribution in [0.25, 0.3) is 5.57 Å². The van der Waals surface area contributed by atoms with Gasteiger partial charge in [0.15, 0.2) is 5.84 Å². The van der Waals surface area contributed by atoms with Crippen LogP contribution in [0.1, 0.15) is 36.9 Å². The van der Waals surface area contributed by atoms with Crippen LogP contribution in [0.3, 0.4) is 0 Å². The second kappa shape index (κ2) is 7.76. The number of hydrogen-bond donors (Lipinski definition) is 1. The number of para-hydroxylation sites is 1. The molecule has 1 aromatic carbocycles. The molecule has 5 rings (SSSR count). The summed E-state index contributed by atoms with van der Waals surface area (Å²) < 4.78 is 2.29. The Labute approximate surface area is 177 Å². The summed E-state index contributed by atoms with van der Waals surface area (Å²) in [4.78, 5) is 22.3. The van der Waals surface area contributed by atoms with Gasteiger partial charge in [-0.2, -0.15) is 0 Å². The Hall–Kier alpha value is -2.86. The van der Waals surface area contributed by atoms with Crippen LogP contribution in [0, 0.1) is 5.92 Å². The molecule has 1 saturated heterocycles. The summed E-state index contributed by atoms with van der Waals surface area (Å²) in [5.41, 5.74) is 9.78. The van der Waals surface area contributed by atoms with Gasteiger partial charge in [0.2, 0.25) is 0 Å². The van der Waals surface area contributed by atoms with Crippen LogP contribution in [0.5, 0.6) is 0 Å². The lowest BCUT2D eigenvalue weighted by Gasteiger charge is -2.31. The van der Waals surface area contributed by atoms with Crippen LogP contribution in [0.15, 0.2) is 53.8 Å². The zero-order chi connectivity index (χ0) is 20.7. The molecule has 0 bridgehead atoms. The topological polar surface area (TPSA) is 66.9 Å². The van der Waals surface area contributed by atoms with E-state index in [9.17, 15) is 4.79 Å². The number of carbonyl (C=O) groups excluding carboxylic acids is 1. The van der Waals surface area contributed by atoms with Crippen molar-refractivity contribution in [1.29, 1.82) is 0 Å². The maximum atomic E-state index is 13.4. The third kappa shape index (κ3) is 3.56. The Morgan fingerprint density at radius 3 is 2.80 bits per heavy atom. The minimum absolute atomic E-state index is 0.0179. The molecule has 2 N–H and O–H groups in total. The van der Waals surface area contributed by atoms with E-state index in [1.165, 1.54) is 12.8 Å². The lowest BCUT2D eigenvalue weighted by Crippen LogP contribution is -2.46. The van der Waals surface area contributed by atoms with Gasteiger partial charge in [-0.05, 0) is 49.8 Å². The van der Waals surface area contributed by atoms with Crippen molar-refractivity contribution >= 4 is 23.0 Å². The molecular formula is C24H29N5O. The molecule has 1 aliphatic carbocycles. The number of carbonyl (C=O) groups is 1. The van der Waals surface area contributed by atoms with Crippen molar-refractivity contribution in [3.05, 3.63) is 60.1 Å². The number of rotatable bonds is 4. The summed E-state index contributed by atoms with van der Waals surface area (Å²) in [5, 5.41) is 0. The number of piperidine rings is 1. The van der Waals surface area contributed by atoms with E-state index < -0.39 is 0 Å². The summed E-state index contributed by atoms with van der Waals surface area (Å²) in [6.07, 6.45) is 8.42. The number of hydrogen-bond acceptors (Lipinski definition) is 4. The van der Waals surface area contributed by atoms with E-state index in [1.54, 1.807) is 6.20 Å². The number of nitrogens with zero attached hydrogens (tertiary/aromatic N) is 4. The van der Waals surface area contributed by atoms with Crippen molar-refractivity contribution in [3.63, 3.8) is 0 Å². The average Bonchev–Trinajstić information content (AvgIpc) is 3.49. The second-order valence-electron chi connectivity index (χ2n) is 8.71. The first-order valence-electron chi connectivity index (χ1n) is 10.9. The Balaban J connectivity index is 1.55. The smallest absolute Gasteiger partial charge is 0.256 e. The second-order valence-corrected chi connectivity index (χ2v) is 8.71. The summed E-state index contributed by atoms with van der Waals surface area (Å²) >= 11 is 0. The highest BCUT2D eigenvalue weighted by Gasteiger charge is 2.29. The summed E-state index contributed by atoms with van der Waals surface area (Å²) in [7, 11) is 2.03. The summed E-state index contributed by atoms with van der Waals surface area (Å²) in [6.45, 7) is 2.38. The molecule has 0 spiro atoms. The SMILES string of the molecule is CN1C(c2cccn2CC2CC2)=NC=C(C(=O)N2CCC[C@@H](N)C2)c2ccccc21. The highest BCUT2D eigenvalue weighted by molar-refractivity contribution is 6.23. The normalized spacial score (nSPS) is 21.6. The molecule has 0 radical (unpaired) electrons. The number of aromatic nitrogens is 1. The quantitative estimate of drug-likeness (QED) is 0.853. The van der Waals surface area contributed by atoms with Gasteiger partial charge in [-0.3, -0.25) is 4.79 Å². The predicted octanol–water partition coefficient (Wildman–Crippen LogP) is 3.09. The maximum Gasteiger partial charge on any atom is 0.256 e. The highest BCUT2D eigenvalue weighted by Crippen LogP contribution is 2.34. The monoisotopic (exact) mass is 403 g/mol. The Bertz CT molecular complexity index is 1020. The molecule has 2 aromatic rings. The van der Waals surface area contributed by atoms with E-state index in [-0.39, 0.29) is 11.9 Å². The molecule has 1 amide bonds. The van der Waals surface area contributed by atoms with Gasteiger partial charge in [-0.1, -0.05) is 18.2 Å². The summed E-state index contributed by atoms with van der Waals surface area (Å²) in [6, 6.07) is 12.3. The average molecular weight is 404 g/mol. The number of anilines is 1. The molecule has 0 unspecified atom stereocenters. The van der Waals surface area contributed by atoms with Crippen molar-refractivity contribution in [1.82, 2.24) is 9.47 Å². The van der Waals surface area contributed by atoms with Gasteiger partial charge in [0.25, 0.3) is 5.91 Å². The van der Waals surface area contributed by atoms with Crippen LogP contribution in [0.2, 0.25) is 0 Å². The standard InChI is InChI=1S/C24H29N5O/c1-27-21-8-3-2-7-19(21)20(24(30)29-13-4-6-18(25)16-29)14-26-23(27)22-9-5-12-28(22)15-17-10-11-17/h2-3,5,7-9,12,14,17-18H,4,6,10-11,13,15-16,25H2,1H3/t18-/m1/s1. The van der Waals surface area contributed by atoms with Gasteiger partial charge >= 0.3 is 0 Å². The molecule has 2 fully saturated rings. The maximum absolute atomic E-state index is 13.4. The van der Waals surface area contributed by atoms with Crippen LogP contribution in [0.4, 0.5) is 5.69 Å². The van der Waals surface area contributed by atoms with Gasteiger partial charge in [0.1, 0.15) is 0 Å². The Morgan fingerprint density at radius 1 is 1.17 bits per heavy atom. The number of amides is 1. The molecular weight excluding hydrogens is 374 g/mol. The molecule has 1 saturated carbocycles. The van der Waals surface area contributed by atoms with E-state index in [1.807, 2.05) is 30.1 Å². The number of fused-ring (bicyclic) bond motifs is 1. The van der Waals surface area contributed by atoms with Crippen molar-refractivity contribution in [2.24, 2.45) is 16.6 Å². The first-order chi connectivity index (χ1) is 14.6. The molecule has 3 heterocycles. The van der Waals surface area contributed by atoms with E-state index >= 15 is 0 Å². The zero-order valence-corrected chi connectivity index (χ0v) is 17.5. The van der Waals surface area contributed by atoms with Crippen LogP contribution < -0.4 is 10.6 Å². The van der Waals surface area contributed by atoms with Crippen LogP contribution in [-0.4, -0.2) is 47.4 Å². The van der Waals surface area contributed by atoms with E-state index in [4.69, 9.17) is 10.7 Å². The van der Waals surface area contributed by atoms with E-state index in [0.717, 1.165) is 54.6 Å². The number of likely N-dealkylation sites (tertiary alicyclic amines) is 1. The van der Waals surface area contributed by atoms with Gasteiger partial charge in [-0.25, -0.2) is 4.99 Å². The lowest BCUT2D eigenvalue weighted by molar-refractivity contribution is -0.126. The van der Waals surface area contributed by atoms with E-state index in [2.05, 4.69) is 33.9 Å². The Morgan fingerprint density at radius 2 is 2.00 bits per heavy atom. The van der Waals surface area contributed by atoms with E-state index in [0.29, 0.717) is 12.1 Å². The van der Waals surface area contributed by atoms with Crippen molar-refractivity contribution in [2.75, 3.05) is 25.0 Å². The first kappa shape index (κ1) is 19.1. The minimum Gasteiger partial charge on any atom is -0.345 e. The number of benzene rings is 1. The number of nitrogens with two attached hydrogens (primary N) is 1. The number of amidine groups is 1. The third-order valence-electron chi connectivity index (χ3n) is 6.38. The first-order valence-corrected chi connectivity index (χ1v) is 10.9. The van der Waals surface area contributed by atoms with Gasteiger partial charge in [0.05, 0.1) is 17.0 Å². The van der Waals surface area contributed by atoms with Crippen LogP contribution in [-0.2, 0) is 11.3 Å². The fourth-order valence-electron chi connectivity index (χ4n) is 4.52.